The summed E-state index contributed by atoms with van der Waals surface area (Å²) in [5, 5.41) is 9.55. The molecule has 0 fully saturated rings. The van der Waals surface area contributed by atoms with E-state index in [0.29, 0.717) is 0 Å². The zero-order valence-electron chi connectivity index (χ0n) is 8.99. The number of ether oxygens (including phenoxy) is 1. The third-order valence-electron chi connectivity index (χ3n) is 2.02. The van der Waals surface area contributed by atoms with Gasteiger partial charge in [0.05, 0.1) is 6.61 Å². The van der Waals surface area contributed by atoms with Crippen molar-refractivity contribution in [3.8, 4) is 11.5 Å². The minimum atomic E-state index is -4.59. The first-order chi connectivity index (χ1) is 7.38. The van der Waals surface area contributed by atoms with Crippen LogP contribution in [0.4, 0.5) is 13.2 Å². The van der Waals surface area contributed by atoms with Crippen molar-refractivity contribution >= 4 is 12.4 Å². The first-order valence-electron chi connectivity index (χ1n) is 4.65. The highest BCUT2D eigenvalue weighted by Gasteiger charge is 2.39. The highest BCUT2D eigenvalue weighted by molar-refractivity contribution is 5.85. The number of halogens is 4. The lowest BCUT2D eigenvalue weighted by Crippen LogP contribution is -2.28. The SMILES string of the molecule is CCOc1cccc([C@@H](N)C(F)(F)F)c1O.Cl. The van der Waals surface area contributed by atoms with E-state index in [1.165, 1.54) is 12.1 Å². The van der Waals surface area contributed by atoms with Gasteiger partial charge in [-0.3, -0.25) is 0 Å². The molecule has 0 spiro atoms. The Hall–Kier alpha value is -1.14. The number of phenolic OH excluding ortho intramolecular Hbond substituents is 1. The van der Waals surface area contributed by atoms with Crippen molar-refractivity contribution in [1.29, 1.82) is 0 Å². The van der Waals surface area contributed by atoms with Crippen LogP contribution in [0.1, 0.15) is 18.5 Å². The topological polar surface area (TPSA) is 55.5 Å². The second kappa shape index (κ2) is 5.97. The van der Waals surface area contributed by atoms with Crippen molar-refractivity contribution in [2.45, 2.75) is 19.1 Å². The zero-order valence-corrected chi connectivity index (χ0v) is 9.81. The summed E-state index contributed by atoms with van der Waals surface area (Å²) in [4.78, 5) is 0. The lowest BCUT2D eigenvalue weighted by Gasteiger charge is -2.18. The Labute approximate surface area is 103 Å². The predicted octanol–water partition coefficient (Wildman–Crippen LogP) is 2.77. The molecule has 1 atom stereocenters. The number of nitrogens with two attached hydrogens (primary N) is 1. The van der Waals surface area contributed by atoms with Crippen LogP contribution in [0.3, 0.4) is 0 Å². The van der Waals surface area contributed by atoms with Gasteiger partial charge in [-0.2, -0.15) is 13.2 Å². The fraction of sp³-hybridized carbons (Fsp3) is 0.400. The van der Waals surface area contributed by atoms with Crippen LogP contribution < -0.4 is 10.5 Å². The van der Waals surface area contributed by atoms with Gasteiger partial charge in [0.1, 0.15) is 6.04 Å². The molecule has 0 aliphatic heterocycles. The van der Waals surface area contributed by atoms with E-state index in [1.807, 2.05) is 0 Å². The van der Waals surface area contributed by atoms with Crippen LogP contribution in [0.25, 0.3) is 0 Å². The molecule has 0 saturated carbocycles. The summed E-state index contributed by atoms with van der Waals surface area (Å²) in [6, 6.07) is 1.64. The Kier molecular flexibility index (Phi) is 5.57. The highest BCUT2D eigenvalue weighted by Crippen LogP contribution is 2.39. The molecule has 0 unspecified atom stereocenters. The van der Waals surface area contributed by atoms with Crippen molar-refractivity contribution in [2.75, 3.05) is 6.61 Å². The summed E-state index contributed by atoms with van der Waals surface area (Å²) < 4.78 is 42.0. The number of rotatable bonds is 3. The fourth-order valence-electron chi connectivity index (χ4n) is 1.24. The molecular formula is C10H13ClF3NO2. The normalized spacial score (nSPS) is 12.8. The number of para-hydroxylation sites is 1. The fourth-order valence-corrected chi connectivity index (χ4v) is 1.24. The van der Waals surface area contributed by atoms with Gasteiger partial charge in [-0.25, -0.2) is 0 Å². The number of hydrogen-bond donors (Lipinski definition) is 2. The van der Waals surface area contributed by atoms with Gasteiger partial charge in [0.2, 0.25) is 0 Å². The van der Waals surface area contributed by atoms with Crippen molar-refractivity contribution in [3.05, 3.63) is 23.8 Å². The molecule has 1 rings (SSSR count). The maximum Gasteiger partial charge on any atom is 0.407 e. The van der Waals surface area contributed by atoms with Crippen LogP contribution in [-0.4, -0.2) is 17.9 Å². The maximum absolute atomic E-state index is 12.4. The standard InChI is InChI=1S/C10H12F3NO2.ClH/c1-2-16-7-5-3-4-6(8(7)15)9(14)10(11,12)13;/h3-5,9,15H,2,14H2,1H3;1H/t9-;/m1./s1. The summed E-state index contributed by atoms with van der Waals surface area (Å²) in [6.07, 6.45) is -4.59. The Bertz CT molecular complexity index is 371. The summed E-state index contributed by atoms with van der Waals surface area (Å²) in [6.45, 7) is 1.91. The van der Waals surface area contributed by atoms with Crippen LogP contribution >= 0.6 is 12.4 Å². The Morgan fingerprint density at radius 2 is 2.00 bits per heavy atom. The molecule has 17 heavy (non-hydrogen) atoms. The van der Waals surface area contributed by atoms with E-state index in [-0.39, 0.29) is 24.8 Å². The minimum Gasteiger partial charge on any atom is -0.504 e. The summed E-state index contributed by atoms with van der Waals surface area (Å²) in [7, 11) is 0. The average molecular weight is 272 g/mol. The molecule has 0 bridgehead atoms. The quantitative estimate of drug-likeness (QED) is 0.889. The number of hydrogen-bond acceptors (Lipinski definition) is 3. The molecule has 0 aliphatic rings. The maximum atomic E-state index is 12.4. The van der Waals surface area contributed by atoms with E-state index in [4.69, 9.17) is 10.5 Å². The van der Waals surface area contributed by atoms with Crippen LogP contribution in [-0.2, 0) is 0 Å². The Morgan fingerprint density at radius 1 is 1.41 bits per heavy atom. The second-order valence-corrected chi connectivity index (χ2v) is 3.15. The monoisotopic (exact) mass is 271 g/mol. The van der Waals surface area contributed by atoms with Gasteiger partial charge in [0, 0.05) is 5.56 Å². The third kappa shape index (κ3) is 3.67. The largest absolute Gasteiger partial charge is 0.504 e. The van der Waals surface area contributed by atoms with Gasteiger partial charge in [0.15, 0.2) is 11.5 Å². The van der Waals surface area contributed by atoms with Gasteiger partial charge in [-0.15, -0.1) is 12.4 Å². The number of phenols is 1. The first kappa shape index (κ1) is 15.9. The molecule has 7 heteroatoms. The third-order valence-corrected chi connectivity index (χ3v) is 2.02. The smallest absolute Gasteiger partial charge is 0.407 e. The molecule has 3 nitrogen and oxygen atoms in total. The van der Waals surface area contributed by atoms with Crippen molar-refractivity contribution < 1.29 is 23.0 Å². The van der Waals surface area contributed by atoms with E-state index >= 15 is 0 Å². The minimum absolute atomic E-state index is 0. The molecule has 1 aromatic carbocycles. The molecular weight excluding hydrogens is 259 g/mol. The van der Waals surface area contributed by atoms with E-state index in [9.17, 15) is 18.3 Å². The molecule has 0 radical (unpaired) electrons. The lowest BCUT2D eigenvalue weighted by atomic mass is 10.1. The van der Waals surface area contributed by atoms with Crippen molar-refractivity contribution in [3.63, 3.8) is 0 Å². The van der Waals surface area contributed by atoms with Crippen molar-refractivity contribution in [2.24, 2.45) is 5.73 Å². The lowest BCUT2D eigenvalue weighted by molar-refractivity contribution is -0.149. The molecule has 3 N–H and O–H groups in total. The van der Waals surface area contributed by atoms with E-state index in [1.54, 1.807) is 6.92 Å². The van der Waals surface area contributed by atoms with Gasteiger partial charge < -0.3 is 15.6 Å². The molecule has 1 aromatic rings. The van der Waals surface area contributed by atoms with Crippen LogP contribution in [0.2, 0.25) is 0 Å². The van der Waals surface area contributed by atoms with E-state index < -0.39 is 23.5 Å². The van der Waals surface area contributed by atoms with Crippen LogP contribution in [0.5, 0.6) is 11.5 Å². The highest BCUT2D eigenvalue weighted by atomic mass is 35.5. The predicted molar refractivity (Wildman–Crippen MR) is 59.5 cm³/mol. The second-order valence-electron chi connectivity index (χ2n) is 3.15. The van der Waals surface area contributed by atoms with E-state index in [2.05, 4.69) is 0 Å². The summed E-state index contributed by atoms with van der Waals surface area (Å²) >= 11 is 0. The summed E-state index contributed by atoms with van der Waals surface area (Å²) in [5.74, 6) is -0.561. The summed E-state index contributed by atoms with van der Waals surface area (Å²) in [5.41, 5.74) is 4.61. The van der Waals surface area contributed by atoms with Gasteiger partial charge in [0.25, 0.3) is 0 Å². The van der Waals surface area contributed by atoms with Gasteiger partial charge >= 0.3 is 6.18 Å². The van der Waals surface area contributed by atoms with E-state index in [0.717, 1.165) is 6.07 Å². The average Bonchev–Trinajstić information content (AvgIpc) is 2.19. The molecule has 0 saturated heterocycles. The number of alkyl halides is 3. The Morgan fingerprint density at radius 3 is 2.47 bits per heavy atom. The molecule has 0 aromatic heterocycles. The first-order valence-corrected chi connectivity index (χ1v) is 4.65. The molecule has 0 aliphatic carbocycles. The molecule has 0 amide bonds. The van der Waals surface area contributed by atoms with Gasteiger partial charge in [-0.1, -0.05) is 12.1 Å². The van der Waals surface area contributed by atoms with Gasteiger partial charge in [-0.05, 0) is 13.0 Å². The Balaban J connectivity index is 0.00000256. The van der Waals surface area contributed by atoms with Crippen LogP contribution in [0, 0.1) is 0 Å². The zero-order chi connectivity index (χ0) is 12.3. The number of benzene rings is 1. The number of aromatic hydroxyl groups is 1. The van der Waals surface area contributed by atoms with Crippen LogP contribution in [0.15, 0.2) is 18.2 Å². The van der Waals surface area contributed by atoms with Crippen molar-refractivity contribution in [1.82, 2.24) is 0 Å². The molecule has 0 heterocycles. The molecule has 98 valence electrons.